The van der Waals surface area contributed by atoms with Crippen molar-refractivity contribution in [1.29, 1.82) is 0 Å². The van der Waals surface area contributed by atoms with Gasteiger partial charge in [-0.1, -0.05) is 13.3 Å². The van der Waals surface area contributed by atoms with Gasteiger partial charge in [-0.25, -0.2) is 0 Å². The fourth-order valence-electron chi connectivity index (χ4n) is 1.40. The highest BCUT2D eigenvalue weighted by molar-refractivity contribution is 5.78. The highest BCUT2D eigenvalue weighted by Crippen LogP contribution is 1.94. The number of nitrogens with zero attached hydrogens (tertiary/aromatic N) is 1. The number of carbonyl (C=O) groups is 1. The van der Waals surface area contributed by atoms with Gasteiger partial charge in [0.2, 0.25) is 5.91 Å². The van der Waals surface area contributed by atoms with Gasteiger partial charge in [0.15, 0.2) is 0 Å². The van der Waals surface area contributed by atoms with Crippen molar-refractivity contribution in [3.05, 3.63) is 0 Å². The molecule has 0 unspecified atom stereocenters. The smallest absolute Gasteiger partial charge is 0.234 e. The summed E-state index contributed by atoms with van der Waals surface area (Å²) in [6.07, 6.45) is 2.27. The van der Waals surface area contributed by atoms with Crippen molar-refractivity contribution < 1.29 is 4.79 Å². The number of unbranched alkanes of at least 4 members (excludes halogenated alkanes) is 1. The number of rotatable bonds is 8. The second-order valence-electron chi connectivity index (χ2n) is 4.14. The number of amides is 1. The molecule has 0 radical (unpaired) electrons. The highest BCUT2D eigenvalue weighted by Gasteiger charge is 2.09. The summed E-state index contributed by atoms with van der Waals surface area (Å²) in [7, 11) is 0. The van der Waals surface area contributed by atoms with Crippen molar-refractivity contribution in [3.63, 3.8) is 0 Å². The summed E-state index contributed by atoms with van der Waals surface area (Å²) in [4.78, 5) is 13.6. The minimum atomic E-state index is 0.0922. The second-order valence-corrected chi connectivity index (χ2v) is 4.14. The predicted molar refractivity (Wildman–Crippen MR) is 63.7 cm³/mol. The average Bonchev–Trinajstić information content (AvgIpc) is 2.13. The maximum Gasteiger partial charge on any atom is 0.234 e. The molecule has 0 bridgehead atoms. The Labute approximate surface area is 93.2 Å². The van der Waals surface area contributed by atoms with Crippen LogP contribution >= 0.6 is 0 Å². The van der Waals surface area contributed by atoms with Gasteiger partial charge >= 0.3 is 0 Å². The Balaban J connectivity index is 3.86. The van der Waals surface area contributed by atoms with Gasteiger partial charge in [-0.2, -0.15) is 0 Å². The van der Waals surface area contributed by atoms with Crippen LogP contribution in [-0.4, -0.2) is 43.0 Å². The van der Waals surface area contributed by atoms with Crippen LogP contribution in [-0.2, 0) is 4.79 Å². The first-order valence-corrected chi connectivity index (χ1v) is 5.82. The van der Waals surface area contributed by atoms with Crippen LogP contribution in [0.15, 0.2) is 0 Å². The van der Waals surface area contributed by atoms with Crippen molar-refractivity contribution in [1.82, 2.24) is 10.2 Å². The van der Waals surface area contributed by atoms with E-state index in [0.29, 0.717) is 13.1 Å². The van der Waals surface area contributed by atoms with Crippen molar-refractivity contribution in [2.24, 2.45) is 5.73 Å². The summed E-state index contributed by atoms with van der Waals surface area (Å²) in [5.74, 6) is 0.0922. The molecule has 0 spiro atoms. The maximum absolute atomic E-state index is 11.5. The summed E-state index contributed by atoms with van der Waals surface area (Å²) in [6, 6.07) is 0.211. The van der Waals surface area contributed by atoms with Crippen LogP contribution in [0.3, 0.4) is 0 Å². The summed E-state index contributed by atoms with van der Waals surface area (Å²) < 4.78 is 0. The zero-order valence-electron chi connectivity index (χ0n) is 10.3. The molecule has 0 rings (SSSR count). The SMILES string of the molecule is CCCCN(CCN)CC(=O)NC(C)C. The molecule has 0 aromatic carbocycles. The zero-order valence-corrected chi connectivity index (χ0v) is 10.3. The van der Waals surface area contributed by atoms with Crippen LogP contribution in [0.25, 0.3) is 0 Å². The van der Waals surface area contributed by atoms with Gasteiger partial charge < -0.3 is 11.1 Å². The Morgan fingerprint density at radius 2 is 2.07 bits per heavy atom. The number of nitrogens with one attached hydrogen (secondary N) is 1. The lowest BCUT2D eigenvalue weighted by atomic mass is 10.3. The zero-order chi connectivity index (χ0) is 11.7. The van der Waals surface area contributed by atoms with E-state index < -0.39 is 0 Å². The fourth-order valence-corrected chi connectivity index (χ4v) is 1.40. The van der Waals surface area contributed by atoms with E-state index in [1.165, 1.54) is 0 Å². The molecule has 90 valence electrons. The third-order valence-electron chi connectivity index (χ3n) is 2.09. The lowest BCUT2D eigenvalue weighted by Crippen LogP contribution is -2.42. The molecule has 15 heavy (non-hydrogen) atoms. The lowest BCUT2D eigenvalue weighted by molar-refractivity contribution is -0.122. The summed E-state index contributed by atoms with van der Waals surface area (Å²) in [6.45, 7) is 8.92. The third kappa shape index (κ3) is 8.39. The van der Waals surface area contributed by atoms with Gasteiger partial charge in [0, 0.05) is 19.1 Å². The summed E-state index contributed by atoms with van der Waals surface area (Å²) in [5.41, 5.74) is 5.50. The van der Waals surface area contributed by atoms with E-state index in [-0.39, 0.29) is 11.9 Å². The molecule has 0 atom stereocenters. The standard InChI is InChI=1S/C11H25N3O/c1-4-5-7-14(8-6-12)9-11(15)13-10(2)3/h10H,4-9,12H2,1-3H3,(H,13,15). The molecule has 0 heterocycles. The summed E-state index contributed by atoms with van der Waals surface area (Å²) in [5, 5.41) is 2.89. The molecule has 0 aromatic rings. The molecule has 4 heteroatoms. The first-order valence-electron chi connectivity index (χ1n) is 5.82. The van der Waals surface area contributed by atoms with Crippen LogP contribution in [0.5, 0.6) is 0 Å². The summed E-state index contributed by atoms with van der Waals surface area (Å²) >= 11 is 0. The Morgan fingerprint density at radius 3 is 2.53 bits per heavy atom. The molecule has 0 aromatic heterocycles. The largest absolute Gasteiger partial charge is 0.353 e. The van der Waals surface area contributed by atoms with Gasteiger partial charge in [0.25, 0.3) is 0 Å². The van der Waals surface area contributed by atoms with Crippen LogP contribution in [0, 0.1) is 0 Å². The minimum Gasteiger partial charge on any atom is -0.353 e. The first kappa shape index (κ1) is 14.4. The van der Waals surface area contributed by atoms with Crippen molar-refractivity contribution in [2.45, 2.75) is 39.7 Å². The normalized spacial score (nSPS) is 11.1. The number of carbonyl (C=O) groups excluding carboxylic acids is 1. The van der Waals surface area contributed by atoms with E-state index >= 15 is 0 Å². The Bertz CT molecular complexity index is 171. The van der Waals surface area contributed by atoms with E-state index in [9.17, 15) is 4.79 Å². The van der Waals surface area contributed by atoms with Crippen LogP contribution in [0.4, 0.5) is 0 Å². The maximum atomic E-state index is 11.5. The molecule has 0 aliphatic rings. The molecule has 1 amide bonds. The second kappa shape index (κ2) is 8.68. The van der Waals surface area contributed by atoms with Crippen LogP contribution < -0.4 is 11.1 Å². The van der Waals surface area contributed by atoms with E-state index in [1.807, 2.05) is 13.8 Å². The lowest BCUT2D eigenvalue weighted by Gasteiger charge is -2.21. The molecule has 3 N–H and O–H groups in total. The topological polar surface area (TPSA) is 58.4 Å². The molecule has 0 aliphatic carbocycles. The molecular formula is C11H25N3O. The first-order chi connectivity index (χ1) is 7.10. The molecular weight excluding hydrogens is 190 g/mol. The van der Waals surface area contributed by atoms with E-state index in [4.69, 9.17) is 5.73 Å². The van der Waals surface area contributed by atoms with Gasteiger partial charge in [-0.15, -0.1) is 0 Å². The van der Waals surface area contributed by atoms with E-state index in [1.54, 1.807) is 0 Å². The fraction of sp³-hybridized carbons (Fsp3) is 0.909. The third-order valence-corrected chi connectivity index (χ3v) is 2.09. The Hall–Kier alpha value is -0.610. The van der Waals surface area contributed by atoms with Gasteiger partial charge in [-0.3, -0.25) is 9.69 Å². The number of hydrogen-bond donors (Lipinski definition) is 2. The number of nitrogens with two attached hydrogens (primary N) is 1. The monoisotopic (exact) mass is 215 g/mol. The van der Waals surface area contributed by atoms with Gasteiger partial charge in [0.1, 0.15) is 0 Å². The van der Waals surface area contributed by atoms with E-state index in [2.05, 4.69) is 17.1 Å². The molecule has 4 nitrogen and oxygen atoms in total. The van der Waals surface area contributed by atoms with E-state index in [0.717, 1.165) is 25.9 Å². The van der Waals surface area contributed by atoms with Crippen molar-refractivity contribution in [3.8, 4) is 0 Å². The molecule has 0 fully saturated rings. The minimum absolute atomic E-state index is 0.0922. The predicted octanol–water partition coefficient (Wildman–Crippen LogP) is 0.572. The molecule has 0 saturated carbocycles. The van der Waals surface area contributed by atoms with Crippen molar-refractivity contribution in [2.75, 3.05) is 26.2 Å². The highest BCUT2D eigenvalue weighted by atomic mass is 16.2. The van der Waals surface area contributed by atoms with Crippen LogP contribution in [0.2, 0.25) is 0 Å². The Kier molecular flexibility index (Phi) is 8.33. The quantitative estimate of drug-likeness (QED) is 0.622. The van der Waals surface area contributed by atoms with Crippen molar-refractivity contribution >= 4 is 5.91 Å². The Morgan fingerprint density at radius 1 is 1.40 bits per heavy atom. The van der Waals surface area contributed by atoms with Gasteiger partial charge in [-0.05, 0) is 26.8 Å². The van der Waals surface area contributed by atoms with Gasteiger partial charge in [0.05, 0.1) is 6.54 Å². The molecule has 0 saturated heterocycles. The average molecular weight is 215 g/mol. The van der Waals surface area contributed by atoms with Crippen LogP contribution in [0.1, 0.15) is 33.6 Å². The number of hydrogen-bond acceptors (Lipinski definition) is 3. The molecule has 0 aliphatic heterocycles.